The van der Waals surface area contributed by atoms with Crippen molar-refractivity contribution in [1.29, 1.82) is 0 Å². The molecule has 0 radical (unpaired) electrons. The third kappa shape index (κ3) is 3.13. The molecule has 1 saturated heterocycles. The first kappa shape index (κ1) is 13.6. The fourth-order valence-corrected chi connectivity index (χ4v) is 2.34. The van der Waals surface area contributed by atoms with E-state index in [1.807, 2.05) is 17.9 Å². The average Bonchev–Trinajstić information content (AvgIpc) is 2.80. The van der Waals surface area contributed by atoms with Crippen LogP contribution in [0.15, 0.2) is 18.5 Å². The van der Waals surface area contributed by atoms with Crippen molar-refractivity contribution in [2.24, 2.45) is 0 Å². The third-order valence-corrected chi connectivity index (χ3v) is 3.53. The van der Waals surface area contributed by atoms with Crippen LogP contribution in [0.4, 0.5) is 0 Å². The molecule has 0 N–H and O–H groups in total. The van der Waals surface area contributed by atoms with Crippen molar-refractivity contribution < 1.29 is 9.59 Å². The summed E-state index contributed by atoms with van der Waals surface area (Å²) in [5, 5.41) is 4.10. The molecule has 2 amide bonds. The predicted molar refractivity (Wildman–Crippen MR) is 70.4 cm³/mol. The molecule has 0 spiro atoms. The molecule has 1 aromatic rings. The van der Waals surface area contributed by atoms with Crippen LogP contribution in [-0.2, 0) is 9.59 Å². The van der Waals surface area contributed by atoms with E-state index in [0.717, 1.165) is 13.0 Å². The standard InChI is InChI=1S/C13H20N4O2/c1-11(17-8-3-5-14-17)13(19)16-7-4-6-15(9-10-16)12(2)18/h3,5,8,11H,4,6-7,9-10H2,1-2H3. The Morgan fingerprint density at radius 2 is 1.84 bits per heavy atom. The van der Waals surface area contributed by atoms with Gasteiger partial charge in [0.1, 0.15) is 6.04 Å². The molecule has 1 unspecified atom stereocenters. The molecule has 2 heterocycles. The Morgan fingerprint density at radius 1 is 1.16 bits per heavy atom. The van der Waals surface area contributed by atoms with Crippen molar-refractivity contribution in [2.75, 3.05) is 26.2 Å². The van der Waals surface area contributed by atoms with Crippen LogP contribution in [0, 0.1) is 0 Å². The van der Waals surface area contributed by atoms with E-state index in [-0.39, 0.29) is 17.9 Å². The van der Waals surface area contributed by atoms with Crippen LogP contribution in [0.3, 0.4) is 0 Å². The van der Waals surface area contributed by atoms with Crippen LogP contribution in [0.5, 0.6) is 0 Å². The Morgan fingerprint density at radius 3 is 2.47 bits per heavy atom. The Balaban J connectivity index is 1.98. The van der Waals surface area contributed by atoms with Crippen LogP contribution >= 0.6 is 0 Å². The lowest BCUT2D eigenvalue weighted by atomic mass is 10.2. The van der Waals surface area contributed by atoms with Gasteiger partial charge in [0.2, 0.25) is 11.8 Å². The minimum atomic E-state index is -0.293. The molecule has 2 rings (SSSR count). The SMILES string of the molecule is CC(=O)N1CCCN(C(=O)C(C)n2cccn2)CC1. The average molecular weight is 264 g/mol. The molecule has 1 fully saturated rings. The van der Waals surface area contributed by atoms with Gasteiger partial charge in [-0.3, -0.25) is 14.3 Å². The lowest BCUT2D eigenvalue weighted by Crippen LogP contribution is -2.39. The van der Waals surface area contributed by atoms with Crippen molar-refractivity contribution in [1.82, 2.24) is 19.6 Å². The molecule has 104 valence electrons. The summed E-state index contributed by atoms with van der Waals surface area (Å²) in [6.07, 6.45) is 4.29. The minimum absolute atomic E-state index is 0.0640. The smallest absolute Gasteiger partial charge is 0.247 e. The van der Waals surface area contributed by atoms with Gasteiger partial charge in [0, 0.05) is 45.5 Å². The number of hydrogen-bond acceptors (Lipinski definition) is 3. The summed E-state index contributed by atoms with van der Waals surface area (Å²) < 4.78 is 1.66. The van der Waals surface area contributed by atoms with Crippen molar-refractivity contribution in [3.63, 3.8) is 0 Å². The summed E-state index contributed by atoms with van der Waals surface area (Å²) in [7, 11) is 0. The number of carbonyl (C=O) groups excluding carboxylic acids is 2. The van der Waals surface area contributed by atoms with Crippen LogP contribution in [0.2, 0.25) is 0 Å². The van der Waals surface area contributed by atoms with Gasteiger partial charge in [0.05, 0.1) is 0 Å². The Hall–Kier alpha value is -1.85. The highest BCUT2D eigenvalue weighted by Gasteiger charge is 2.25. The topological polar surface area (TPSA) is 58.4 Å². The number of rotatable bonds is 2. The second kappa shape index (κ2) is 5.86. The summed E-state index contributed by atoms with van der Waals surface area (Å²) in [6, 6.07) is 1.52. The van der Waals surface area contributed by atoms with Gasteiger partial charge in [-0.1, -0.05) is 0 Å². The van der Waals surface area contributed by atoms with Gasteiger partial charge in [-0.15, -0.1) is 0 Å². The lowest BCUT2D eigenvalue weighted by Gasteiger charge is -2.24. The molecule has 1 aliphatic heterocycles. The zero-order chi connectivity index (χ0) is 13.8. The summed E-state index contributed by atoms with van der Waals surface area (Å²) in [5.41, 5.74) is 0. The van der Waals surface area contributed by atoms with E-state index in [1.54, 1.807) is 28.9 Å². The molecule has 1 aromatic heterocycles. The zero-order valence-corrected chi connectivity index (χ0v) is 11.5. The second-order valence-corrected chi connectivity index (χ2v) is 4.85. The molecule has 0 aromatic carbocycles. The molecule has 0 aliphatic carbocycles. The zero-order valence-electron chi connectivity index (χ0n) is 11.5. The molecule has 6 heteroatoms. The van der Waals surface area contributed by atoms with Crippen molar-refractivity contribution in [2.45, 2.75) is 26.3 Å². The van der Waals surface area contributed by atoms with Crippen molar-refractivity contribution >= 4 is 11.8 Å². The highest BCUT2D eigenvalue weighted by atomic mass is 16.2. The van der Waals surface area contributed by atoms with Gasteiger partial charge in [0.15, 0.2) is 0 Å². The van der Waals surface area contributed by atoms with Gasteiger partial charge < -0.3 is 9.80 Å². The van der Waals surface area contributed by atoms with E-state index in [2.05, 4.69) is 5.10 Å². The molecular formula is C13H20N4O2. The molecule has 19 heavy (non-hydrogen) atoms. The monoisotopic (exact) mass is 264 g/mol. The summed E-state index contributed by atoms with van der Waals surface area (Å²) in [4.78, 5) is 27.4. The minimum Gasteiger partial charge on any atom is -0.341 e. The van der Waals surface area contributed by atoms with E-state index in [0.29, 0.717) is 19.6 Å². The Labute approximate surface area is 113 Å². The van der Waals surface area contributed by atoms with E-state index >= 15 is 0 Å². The molecular weight excluding hydrogens is 244 g/mol. The predicted octanol–water partition coefficient (Wildman–Crippen LogP) is 0.525. The Kier molecular flexibility index (Phi) is 4.19. The highest BCUT2D eigenvalue weighted by Crippen LogP contribution is 2.11. The van der Waals surface area contributed by atoms with E-state index in [1.165, 1.54) is 0 Å². The van der Waals surface area contributed by atoms with Gasteiger partial charge in [-0.05, 0) is 19.4 Å². The maximum Gasteiger partial charge on any atom is 0.247 e. The first-order valence-corrected chi connectivity index (χ1v) is 6.63. The normalized spacial score (nSPS) is 18.0. The number of hydrogen-bond donors (Lipinski definition) is 0. The second-order valence-electron chi connectivity index (χ2n) is 4.85. The molecule has 0 saturated carbocycles. The summed E-state index contributed by atoms with van der Waals surface area (Å²) in [6.45, 7) is 6.08. The summed E-state index contributed by atoms with van der Waals surface area (Å²) >= 11 is 0. The maximum absolute atomic E-state index is 12.4. The van der Waals surface area contributed by atoms with Crippen molar-refractivity contribution in [3.05, 3.63) is 18.5 Å². The van der Waals surface area contributed by atoms with E-state index < -0.39 is 0 Å². The van der Waals surface area contributed by atoms with Gasteiger partial charge in [-0.25, -0.2) is 0 Å². The number of aromatic nitrogens is 2. The molecule has 0 bridgehead atoms. The van der Waals surface area contributed by atoms with E-state index in [4.69, 9.17) is 0 Å². The molecule has 1 atom stereocenters. The lowest BCUT2D eigenvalue weighted by molar-refractivity contribution is -0.135. The van der Waals surface area contributed by atoms with Crippen molar-refractivity contribution in [3.8, 4) is 0 Å². The van der Waals surface area contributed by atoms with Gasteiger partial charge in [0.25, 0.3) is 0 Å². The van der Waals surface area contributed by atoms with Gasteiger partial charge >= 0.3 is 0 Å². The number of carbonyl (C=O) groups is 2. The first-order valence-electron chi connectivity index (χ1n) is 6.63. The van der Waals surface area contributed by atoms with Gasteiger partial charge in [-0.2, -0.15) is 5.10 Å². The number of nitrogens with zero attached hydrogens (tertiary/aromatic N) is 4. The fourth-order valence-electron chi connectivity index (χ4n) is 2.34. The van der Waals surface area contributed by atoms with Crippen LogP contribution in [0.1, 0.15) is 26.3 Å². The largest absolute Gasteiger partial charge is 0.341 e. The molecule has 1 aliphatic rings. The summed E-state index contributed by atoms with van der Waals surface area (Å²) in [5.74, 6) is 0.142. The molecule has 6 nitrogen and oxygen atoms in total. The van der Waals surface area contributed by atoms with E-state index in [9.17, 15) is 9.59 Å². The first-order chi connectivity index (χ1) is 9.09. The van der Waals surface area contributed by atoms with Crippen LogP contribution in [-0.4, -0.2) is 57.6 Å². The fraction of sp³-hybridized carbons (Fsp3) is 0.615. The highest BCUT2D eigenvalue weighted by molar-refractivity contribution is 5.80. The van der Waals surface area contributed by atoms with Crippen LogP contribution < -0.4 is 0 Å². The quantitative estimate of drug-likeness (QED) is 0.782. The van der Waals surface area contributed by atoms with Crippen LogP contribution in [0.25, 0.3) is 0 Å². The third-order valence-electron chi connectivity index (χ3n) is 3.53. The Bertz CT molecular complexity index is 444. The maximum atomic E-state index is 12.4. The number of amides is 2.